The first-order chi connectivity index (χ1) is 6.86. The van der Waals surface area contributed by atoms with Gasteiger partial charge in [0, 0.05) is 5.41 Å². The Balaban J connectivity index is 0. The Bertz CT molecular complexity index is 243. The third-order valence-corrected chi connectivity index (χ3v) is 1.54. The van der Waals surface area contributed by atoms with Gasteiger partial charge in [0.25, 0.3) is 0 Å². The molecule has 0 atom stereocenters. The topological polar surface area (TPSA) is 122 Å². The summed E-state index contributed by atoms with van der Waals surface area (Å²) in [4.78, 5) is 9.61. The molecular weight excluding hydrogens is 202 g/mol. The zero-order valence-electron chi connectivity index (χ0n) is 8.47. The molecule has 0 radical (unpaired) electrons. The van der Waals surface area contributed by atoms with Crippen molar-refractivity contribution in [1.82, 2.24) is 0 Å². The number of aliphatic carboxylic acids is 1. The van der Waals surface area contributed by atoms with Crippen LogP contribution in [-0.4, -0.2) is 46.2 Å². The third-order valence-electron chi connectivity index (χ3n) is 1.54. The van der Waals surface area contributed by atoms with Gasteiger partial charge in [-0.15, -0.1) is 0 Å². The molecule has 0 fully saturated rings. The molecule has 0 unspecified atom stereocenters. The van der Waals surface area contributed by atoms with Gasteiger partial charge in [-0.2, -0.15) is 5.26 Å². The molecule has 0 rings (SSSR count). The van der Waals surface area contributed by atoms with Gasteiger partial charge in [-0.1, -0.05) is 13.5 Å². The van der Waals surface area contributed by atoms with Crippen LogP contribution in [0, 0.1) is 16.7 Å². The number of hydrogen-bond acceptors (Lipinski definition) is 5. The summed E-state index contributed by atoms with van der Waals surface area (Å²) in [6, 6.07) is 1.37. The fraction of sp³-hybridized carbons (Fsp3) is 0.556. The molecule has 6 nitrogen and oxygen atoms in total. The summed E-state index contributed by atoms with van der Waals surface area (Å²) in [6.45, 7) is 3.97. The molecule has 0 bridgehead atoms. The lowest BCUT2D eigenvalue weighted by Gasteiger charge is -2.20. The lowest BCUT2D eigenvalue weighted by atomic mass is 9.95. The van der Waals surface area contributed by atoms with Gasteiger partial charge in [0.05, 0.1) is 19.8 Å². The minimum atomic E-state index is -1.26. The average Bonchev–Trinajstić information content (AvgIpc) is 2.27. The first-order valence-corrected chi connectivity index (χ1v) is 4.01. The molecule has 0 amide bonds. The van der Waals surface area contributed by atoms with Crippen LogP contribution in [-0.2, 0) is 4.79 Å². The van der Waals surface area contributed by atoms with Crippen molar-refractivity contribution in [1.29, 1.82) is 5.26 Å². The van der Waals surface area contributed by atoms with Crippen molar-refractivity contribution in [3.63, 3.8) is 0 Å². The Hall–Kier alpha value is -1.42. The molecule has 0 aromatic carbocycles. The number of nitriles is 1. The van der Waals surface area contributed by atoms with E-state index >= 15 is 0 Å². The SMILES string of the molecule is C=C(C#N)C(=O)O.CC(CO)(CO)CO. The zero-order chi connectivity index (χ0) is 12.5. The fourth-order valence-electron chi connectivity index (χ4n) is 0.198. The minimum Gasteiger partial charge on any atom is -0.477 e. The van der Waals surface area contributed by atoms with E-state index in [1.165, 1.54) is 6.07 Å². The van der Waals surface area contributed by atoms with Gasteiger partial charge >= 0.3 is 5.97 Å². The van der Waals surface area contributed by atoms with E-state index in [0.29, 0.717) is 0 Å². The van der Waals surface area contributed by atoms with E-state index in [0.717, 1.165) is 0 Å². The van der Waals surface area contributed by atoms with Gasteiger partial charge in [0.15, 0.2) is 0 Å². The number of hydrogen-bond donors (Lipinski definition) is 4. The van der Waals surface area contributed by atoms with E-state index in [9.17, 15) is 4.79 Å². The highest BCUT2D eigenvalue weighted by Gasteiger charge is 2.20. The second kappa shape index (κ2) is 7.94. The number of rotatable bonds is 4. The van der Waals surface area contributed by atoms with Crippen LogP contribution < -0.4 is 0 Å². The van der Waals surface area contributed by atoms with Crippen molar-refractivity contribution in [2.24, 2.45) is 5.41 Å². The number of aliphatic hydroxyl groups excluding tert-OH is 3. The van der Waals surface area contributed by atoms with Crippen molar-refractivity contribution < 1.29 is 25.2 Å². The van der Waals surface area contributed by atoms with Gasteiger partial charge in [-0.25, -0.2) is 4.79 Å². The predicted octanol–water partition coefficient (Wildman–Crippen LogP) is -0.880. The Morgan fingerprint density at radius 1 is 1.33 bits per heavy atom. The van der Waals surface area contributed by atoms with Crippen LogP contribution in [0.3, 0.4) is 0 Å². The maximum atomic E-state index is 9.61. The predicted molar refractivity (Wildman–Crippen MR) is 51.8 cm³/mol. The molecule has 0 aliphatic rings. The molecule has 15 heavy (non-hydrogen) atoms. The van der Waals surface area contributed by atoms with Gasteiger partial charge in [-0.3, -0.25) is 0 Å². The first kappa shape index (κ1) is 16.0. The Kier molecular flexibility index (Phi) is 8.48. The average molecular weight is 217 g/mol. The Morgan fingerprint density at radius 3 is 1.67 bits per heavy atom. The highest BCUT2D eigenvalue weighted by Crippen LogP contribution is 2.10. The second-order valence-corrected chi connectivity index (χ2v) is 3.18. The number of nitrogens with zero attached hydrogens (tertiary/aromatic N) is 1. The van der Waals surface area contributed by atoms with Crippen LogP contribution in [0.25, 0.3) is 0 Å². The maximum absolute atomic E-state index is 9.61. The smallest absolute Gasteiger partial charge is 0.345 e. The van der Waals surface area contributed by atoms with E-state index in [4.69, 9.17) is 25.7 Å². The summed E-state index contributed by atoms with van der Waals surface area (Å²) in [6.07, 6.45) is 0. The van der Waals surface area contributed by atoms with E-state index in [-0.39, 0.29) is 19.8 Å². The molecule has 0 saturated heterocycles. The van der Waals surface area contributed by atoms with E-state index in [1.807, 2.05) is 0 Å². The van der Waals surface area contributed by atoms with Crippen molar-refractivity contribution >= 4 is 5.97 Å². The molecule has 0 aliphatic carbocycles. The van der Waals surface area contributed by atoms with Crippen molar-refractivity contribution in [3.05, 3.63) is 12.2 Å². The Morgan fingerprint density at radius 2 is 1.67 bits per heavy atom. The molecule has 0 spiro atoms. The molecular formula is C9H15NO5. The van der Waals surface area contributed by atoms with Crippen LogP contribution >= 0.6 is 0 Å². The van der Waals surface area contributed by atoms with Crippen molar-refractivity contribution in [2.75, 3.05) is 19.8 Å². The molecule has 0 aliphatic heterocycles. The monoisotopic (exact) mass is 217 g/mol. The van der Waals surface area contributed by atoms with E-state index in [2.05, 4.69) is 6.58 Å². The quantitative estimate of drug-likeness (QED) is 0.358. The number of carboxylic acids is 1. The highest BCUT2D eigenvalue weighted by molar-refractivity contribution is 5.90. The van der Waals surface area contributed by atoms with Crippen molar-refractivity contribution in [2.45, 2.75) is 6.92 Å². The van der Waals surface area contributed by atoms with Gasteiger partial charge in [0.2, 0.25) is 0 Å². The summed E-state index contributed by atoms with van der Waals surface area (Å²) in [5.41, 5.74) is -1.14. The molecule has 0 aromatic heterocycles. The number of aliphatic hydroxyl groups is 3. The summed E-state index contributed by atoms with van der Waals surface area (Å²) in [7, 11) is 0. The third kappa shape index (κ3) is 7.64. The van der Waals surface area contributed by atoms with Gasteiger partial charge in [-0.05, 0) is 0 Å². The van der Waals surface area contributed by atoms with Crippen LogP contribution in [0.5, 0.6) is 0 Å². The largest absolute Gasteiger partial charge is 0.477 e. The molecule has 0 aromatic rings. The molecule has 86 valence electrons. The highest BCUT2D eigenvalue weighted by atomic mass is 16.4. The first-order valence-electron chi connectivity index (χ1n) is 4.01. The molecule has 4 N–H and O–H groups in total. The van der Waals surface area contributed by atoms with E-state index in [1.54, 1.807) is 6.92 Å². The lowest BCUT2D eigenvalue weighted by molar-refractivity contribution is -0.132. The van der Waals surface area contributed by atoms with Gasteiger partial charge in [0.1, 0.15) is 11.6 Å². The normalized spacial score (nSPS) is 9.53. The molecule has 6 heteroatoms. The molecule has 0 saturated carbocycles. The summed E-state index contributed by atoms with van der Waals surface area (Å²) in [5, 5.41) is 41.0. The van der Waals surface area contributed by atoms with E-state index < -0.39 is 17.0 Å². The fourth-order valence-corrected chi connectivity index (χ4v) is 0.198. The summed E-state index contributed by atoms with van der Waals surface area (Å²) < 4.78 is 0. The van der Waals surface area contributed by atoms with Crippen LogP contribution in [0.4, 0.5) is 0 Å². The van der Waals surface area contributed by atoms with Gasteiger partial charge < -0.3 is 20.4 Å². The summed E-state index contributed by atoms with van der Waals surface area (Å²) in [5.74, 6) is -1.26. The van der Waals surface area contributed by atoms with Crippen molar-refractivity contribution in [3.8, 4) is 6.07 Å². The zero-order valence-corrected chi connectivity index (χ0v) is 8.47. The number of carbonyl (C=O) groups is 1. The minimum absolute atomic E-state index is 0.181. The number of carboxylic acid groups (broad SMARTS) is 1. The maximum Gasteiger partial charge on any atom is 0.345 e. The Labute approximate surface area is 87.7 Å². The molecule has 0 heterocycles. The van der Waals surface area contributed by atoms with Crippen LogP contribution in [0.15, 0.2) is 12.2 Å². The van der Waals surface area contributed by atoms with Crippen LogP contribution in [0.1, 0.15) is 6.92 Å². The lowest BCUT2D eigenvalue weighted by Crippen LogP contribution is -2.29. The second-order valence-electron chi connectivity index (χ2n) is 3.18. The summed E-state index contributed by atoms with van der Waals surface area (Å²) >= 11 is 0. The van der Waals surface area contributed by atoms with Crippen LogP contribution in [0.2, 0.25) is 0 Å². The standard InChI is InChI=1S/C5H12O3.C4H3NO2/c1-5(2-6,3-7)4-8;1-3(2-5)4(6)7/h6-8H,2-4H2,1H3;1H2,(H,6,7).